The average molecular weight is 949 g/mol. The maximum atomic E-state index is 11.1. The van der Waals surface area contributed by atoms with Crippen molar-refractivity contribution in [3.8, 4) is 47.4 Å². The molecule has 356 valence electrons. The van der Waals surface area contributed by atoms with Crippen molar-refractivity contribution in [2.24, 2.45) is 0 Å². The number of hydrogen-bond donors (Lipinski definition) is 6. The molecular weight excluding hydrogens is 901 g/mol. The molecule has 0 amide bonds. The van der Waals surface area contributed by atoms with Crippen molar-refractivity contribution in [1.29, 1.82) is 0 Å². The van der Waals surface area contributed by atoms with Gasteiger partial charge in [0.05, 0.1) is 27.8 Å². The van der Waals surface area contributed by atoms with Crippen molar-refractivity contribution in [3.05, 3.63) is 249 Å². The summed E-state index contributed by atoms with van der Waals surface area (Å²) in [5, 5.41) is 52.5. The van der Waals surface area contributed by atoms with Gasteiger partial charge in [0.2, 0.25) is 0 Å². The van der Waals surface area contributed by atoms with Gasteiger partial charge in [-0.2, -0.15) is 0 Å². The first-order valence-corrected chi connectivity index (χ1v) is 19.8. The molecule has 0 spiro atoms. The molecule has 7 rings (SSSR count). The predicted octanol–water partition coefficient (Wildman–Crippen LogP) is 10.8. The van der Waals surface area contributed by atoms with Gasteiger partial charge in [0.25, 0.3) is 0 Å². The quantitative estimate of drug-likeness (QED) is 0.0887. The van der Waals surface area contributed by atoms with E-state index in [4.69, 9.17) is 30.6 Å². The fraction of sp³-hybridized carbons (Fsp3) is 0.0508. The second-order valence-corrected chi connectivity index (χ2v) is 13.4. The lowest BCUT2D eigenvalue weighted by Gasteiger charge is -2.01. The van der Waals surface area contributed by atoms with Crippen LogP contribution >= 0.6 is 0 Å². The summed E-state index contributed by atoms with van der Waals surface area (Å²) >= 11 is 0. The molecule has 0 bridgehead atoms. The highest BCUT2D eigenvalue weighted by Gasteiger charge is 2.12. The molecule has 0 radical (unpaired) electrons. The van der Waals surface area contributed by atoms with E-state index in [-0.39, 0.29) is 55.7 Å². The third-order valence-electron chi connectivity index (χ3n) is 8.57. The second-order valence-electron chi connectivity index (χ2n) is 13.4. The van der Waals surface area contributed by atoms with Crippen molar-refractivity contribution in [2.75, 3.05) is 0 Å². The molecule has 6 N–H and O–H groups in total. The van der Waals surface area contributed by atoms with Gasteiger partial charge < -0.3 is 30.6 Å². The zero-order valence-corrected chi connectivity index (χ0v) is 35.5. The number of carboxylic acid groups (broad SMARTS) is 6. The summed E-state index contributed by atoms with van der Waals surface area (Å²) in [5.41, 5.74) is 5.44. The molecule has 0 heterocycles. The van der Waals surface area contributed by atoms with Gasteiger partial charge in [-0.3, -0.25) is 0 Å². The number of carboxylic acids is 6. The van der Waals surface area contributed by atoms with Crippen LogP contribution in [0.25, 0.3) is 0 Å². The van der Waals surface area contributed by atoms with Crippen LogP contribution in [0.3, 0.4) is 0 Å². The molecule has 0 fully saturated rings. The lowest BCUT2D eigenvalue weighted by molar-refractivity contribution is -0.130. The number of carbonyl (C=O) groups is 6. The number of rotatable bonds is 5. The number of aliphatic carboxylic acids is 1. The maximum Gasteiger partial charge on any atom is 0.382 e. The van der Waals surface area contributed by atoms with Gasteiger partial charge in [0.15, 0.2) is 0 Å². The molecule has 12 heteroatoms. The Bertz CT molecular complexity index is 3090. The highest BCUT2D eigenvalue weighted by molar-refractivity contribution is 5.94. The van der Waals surface area contributed by atoms with E-state index < -0.39 is 35.8 Å². The van der Waals surface area contributed by atoms with Gasteiger partial charge in [-0.15, -0.1) is 0 Å². The van der Waals surface area contributed by atoms with Gasteiger partial charge in [0.1, 0.15) is 0 Å². The minimum atomic E-state index is -1.14. The van der Waals surface area contributed by atoms with E-state index in [1.54, 1.807) is 72.8 Å². The van der Waals surface area contributed by atoms with Crippen LogP contribution in [-0.4, -0.2) is 66.5 Å². The van der Waals surface area contributed by atoms with Gasteiger partial charge in [-0.1, -0.05) is 118 Å². The SMILES string of the molecule is C.C.C.O=C(O)C#Cc1ccccc1.O=C(O)c1ccc(C#Cc2ccc(C(=O)O)cc2)cc1.O=C(O)c1ccc(C#Cc2ccccc2)cc1.O=C(O)c1ccc(C(=O)O)c(C#Cc2ccccc2)c1. The summed E-state index contributed by atoms with van der Waals surface area (Å²) in [7, 11) is 0. The largest absolute Gasteiger partial charge is 0.478 e. The first-order valence-electron chi connectivity index (χ1n) is 19.8. The molecule has 0 saturated heterocycles. The summed E-state index contributed by atoms with van der Waals surface area (Å²) in [6.07, 6.45) is 0. The summed E-state index contributed by atoms with van der Waals surface area (Å²) < 4.78 is 0. The third kappa shape index (κ3) is 21.2. The van der Waals surface area contributed by atoms with Crippen molar-refractivity contribution in [3.63, 3.8) is 0 Å². The maximum absolute atomic E-state index is 11.1. The van der Waals surface area contributed by atoms with Crippen LogP contribution in [0.5, 0.6) is 0 Å². The van der Waals surface area contributed by atoms with Crippen LogP contribution in [0.4, 0.5) is 0 Å². The molecule has 71 heavy (non-hydrogen) atoms. The van der Waals surface area contributed by atoms with E-state index >= 15 is 0 Å². The van der Waals surface area contributed by atoms with Crippen LogP contribution in [0, 0.1) is 47.4 Å². The first kappa shape index (κ1) is 58.6. The number of aromatic carboxylic acids is 5. The van der Waals surface area contributed by atoms with Crippen LogP contribution in [0.2, 0.25) is 0 Å². The molecule has 0 aliphatic heterocycles. The number of hydrogen-bond acceptors (Lipinski definition) is 6. The highest BCUT2D eigenvalue weighted by Crippen LogP contribution is 2.13. The molecular formula is C59H48O12. The van der Waals surface area contributed by atoms with Crippen LogP contribution in [-0.2, 0) is 4.79 Å². The Kier molecular flexibility index (Phi) is 25.4. The van der Waals surface area contributed by atoms with E-state index in [0.717, 1.165) is 22.3 Å². The minimum Gasteiger partial charge on any atom is -0.478 e. The summed E-state index contributed by atoms with van der Waals surface area (Å²) in [6, 6.07) is 50.4. The van der Waals surface area contributed by atoms with E-state index in [0.29, 0.717) is 11.1 Å². The van der Waals surface area contributed by atoms with Crippen molar-refractivity contribution in [2.45, 2.75) is 22.3 Å². The van der Waals surface area contributed by atoms with E-state index in [9.17, 15) is 28.8 Å². The topological polar surface area (TPSA) is 224 Å². The molecule has 0 atom stereocenters. The minimum absolute atomic E-state index is 0. The Labute approximate surface area is 412 Å². The number of benzene rings is 7. The smallest absolute Gasteiger partial charge is 0.382 e. The van der Waals surface area contributed by atoms with Gasteiger partial charge in [-0.05, 0) is 127 Å². The molecule has 0 aromatic heterocycles. The zero-order chi connectivity index (χ0) is 49.3. The van der Waals surface area contributed by atoms with Crippen molar-refractivity contribution >= 4 is 35.8 Å². The van der Waals surface area contributed by atoms with E-state index in [2.05, 4.69) is 41.4 Å². The summed E-state index contributed by atoms with van der Waals surface area (Å²) in [6.45, 7) is 0. The van der Waals surface area contributed by atoms with E-state index in [1.807, 2.05) is 72.7 Å². The van der Waals surface area contributed by atoms with Gasteiger partial charge in [-0.25, -0.2) is 28.8 Å². The molecule has 7 aromatic rings. The first-order chi connectivity index (χ1) is 32.7. The molecule has 0 saturated carbocycles. The third-order valence-corrected chi connectivity index (χ3v) is 8.57. The Morgan fingerprint density at radius 3 is 0.831 bits per heavy atom. The second kappa shape index (κ2) is 30.7. The monoisotopic (exact) mass is 948 g/mol. The van der Waals surface area contributed by atoms with E-state index in [1.165, 1.54) is 42.5 Å². The van der Waals surface area contributed by atoms with Gasteiger partial charge in [0, 0.05) is 44.9 Å². The molecule has 0 aliphatic carbocycles. The lowest BCUT2D eigenvalue weighted by atomic mass is 10.0. The van der Waals surface area contributed by atoms with Crippen LogP contribution < -0.4 is 0 Å². The molecule has 12 nitrogen and oxygen atoms in total. The molecule has 0 aliphatic rings. The van der Waals surface area contributed by atoms with Crippen molar-refractivity contribution in [1.82, 2.24) is 0 Å². The zero-order valence-electron chi connectivity index (χ0n) is 35.5. The predicted molar refractivity (Wildman–Crippen MR) is 273 cm³/mol. The Morgan fingerprint density at radius 2 is 0.549 bits per heavy atom. The lowest BCUT2D eigenvalue weighted by Crippen LogP contribution is -2.03. The fourth-order valence-electron chi connectivity index (χ4n) is 5.17. The normalized spacial score (nSPS) is 8.73. The Hall–Kier alpha value is -10.4. The summed E-state index contributed by atoms with van der Waals surface area (Å²) in [5.74, 6) is 15.6. The van der Waals surface area contributed by atoms with Crippen molar-refractivity contribution < 1.29 is 59.4 Å². The Morgan fingerprint density at radius 1 is 0.282 bits per heavy atom. The Balaban J connectivity index is 0.000000476. The fourth-order valence-corrected chi connectivity index (χ4v) is 5.17. The van der Waals surface area contributed by atoms with Crippen LogP contribution in [0.1, 0.15) is 113 Å². The standard InChI is InChI=1S/2C16H10O4.C15H10O2.C9H6O2.3CH4/c17-15(18)13-7-3-11(4-8-13)1-2-12-5-9-14(10-6-12)16(19)20;17-15(18)13-8-9-14(16(19)20)12(10-13)7-6-11-4-2-1-3-5-11;16-15(17)14-10-8-13(9-11-14)7-6-12-4-2-1-3-5-12;10-9(11)7-6-8-4-2-1-3-5-8;;;/h3-10H,(H,17,18)(H,19,20);1-5,8-10H,(H,17,18)(H,19,20);1-5,8-11H,(H,16,17);1-5H,(H,10,11);3*1H4. The molecule has 0 unspecified atom stereocenters. The van der Waals surface area contributed by atoms with Crippen LogP contribution in [0.15, 0.2) is 182 Å². The van der Waals surface area contributed by atoms with Gasteiger partial charge >= 0.3 is 35.8 Å². The average Bonchev–Trinajstić information content (AvgIpc) is 3.35. The summed E-state index contributed by atoms with van der Waals surface area (Å²) in [4.78, 5) is 64.1. The molecule has 7 aromatic carbocycles. The highest BCUT2D eigenvalue weighted by atomic mass is 16.4.